The fraction of sp³-hybridized carbons (Fsp3) is 0.238. The number of benzene rings is 3. The normalized spacial score (nSPS) is 10.9. The van der Waals surface area contributed by atoms with Gasteiger partial charge in [0.2, 0.25) is 0 Å². The van der Waals surface area contributed by atoms with Crippen LogP contribution in [-0.4, -0.2) is 0 Å². The first kappa shape index (κ1) is 13.9. The summed E-state index contributed by atoms with van der Waals surface area (Å²) < 4.78 is 0. The number of fused-ring (bicyclic) bond motifs is 1. The van der Waals surface area contributed by atoms with Gasteiger partial charge in [0.05, 0.1) is 0 Å². The van der Waals surface area contributed by atoms with Crippen LogP contribution in [0.2, 0.25) is 0 Å². The quantitative estimate of drug-likeness (QED) is 0.483. The Morgan fingerprint density at radius 3 is 2.29 bits per heavy atom. The van der Waals surface area contributed by atoms with E-state index < -0.39 is 0 Å². The molecule has 0 aliphatic heterocycles. The molecule has 0 fully saturated rings. The van der Waals surface area contributed by atoms with E-state index in [-0.39, 0.29) is 0 Å². The van der Waals surface area contributed by atoms with Crippen molar-refractivity contribution in [2.24, 2.45) is 0 Å². The lowest BCUT2D eigenvalue weighted by Crippen LogP contribution is -1.90. The van der Waals surface area contributed by atoms with E-state index in [1.54, 1.807) is 0 Å². The largest absolute Gasteiger partial charge is 0.0654 e. The molecule has 3 aromatic carbocycles. The highest BCUT2D eigenvalue weighted by Gasteiger charge is 2.05. The van der Waals surface area contributed by atoms with Gasteiger partial charge in [0, 0.05) is 0 Å². The highest BCUT2D eigenvalue weighted by molar-refractivity contribution is 5.90. The lowest BCUT2D eigenvalue weighted by Gasteiger charge is -2.11. The minimum Gasteiger partial charge on any atom is -0.0654 e. The molecular formula is C21H22. The summed E-state index contributed by atoms with van der Waals surface area (Å²) in [6.45, 7) is 2.26. The summed E-state index contributed by atoms with van der Waals surface area (Å²) in [5.41, 5.74) is 4.13. The van der Waals surface area contributed by atoms with Crippen LogP contribution >= 0.6 is 0 Å². The number of rotatable bonds is 5. The second-order valence-electron chi connectivity index (χ2n) is 5.68. The van der Waals surface area contributed by atoms with Crippen LogP contribution in [0.5, 0.6) is 0 Å². The fourth-order valence-electron chi connectivity index (χ4n) is 2.96. The zero-order valence-electron chi connectivity index (χ0n) is 12.7. The highest BCUT2D eigenvalue weighted by atomic mass is 14.1. The van der Waals surface area contributed by atoms with Crippen molar-refractivity contribution < 1.29 is 0 Å². The standard InChI is InChI=1S/C21H22/c1-2-3-5-12-18-15-20(17-10-6-4-7-11-17)16-19-13-8-9-14-21(18)19/h4,6-11,13-16H,2-3,5,12H2,1H3. The molecule has 0 saturated heterocycles. The van der Waals surface area contributed by atoms with Crippen molar-refractivity contribution in [1.29, 1.82) is 0 Å². The zero-order valence-corrected chi connectivity index (χ0v) is 12.7. The first-order valence-electron chi connectivity index (χ1n) is 7.95. The van der Waals surface area contributed by atoms with Crippen LogP contribution in [0.15, 0.2) is 66.7 Å². The Hall–Kier alpha value is -2.08. The second kappa shape index (κ2) is 6.58. The molecule has 0 aromatic heterocycles. The molecule has 0 radical (unpaired) electrons. The van der Waals surface area contributed by atoms with Crippen LogP contribution in [0.1, 0.15) is 31.7 Å². The molecule has 106 valence electrons. The van der Waals surface area contributed by atoms with E-state index in [0.717, 1.165) is 0 Å². The first-order valence-corrected chi connectivity index (χ1v) is 7.95. The maximum atomic E-state index is 2.38. The predicted molar refractivity (Wildman–Crippen MR) is 92.6 cm³/mol. The zero-order chi connectivity index (χ0) is 14.5. The van der Waals surface area contributed by atoms with E-state index in [0.29, 0.717) is 0 Å². The molecule has 0 spiro atoms. The Labute approximate surface area is 127 Å². The monoisotopic (exact) mass is 274 g/mol. The molecule has 0 aliphatic carbocycles. The lowest BCUT2D eigenvalue weighted by molar-refractivity contribution is 0.720. The summed E-state index contributed by atoms with van der Waals surface area (Å²) in [6.07, 6.45) is 5.04. The maximum Gasteiger partial charge on any atom is -0.0151 e. The summed E-state index contributed by atoms with van der Waals surface area (Å²) in [5, 5.41) is 2.76. The molecule has 0 unspecified atom stereocenters. The van der Waals surface area contributed by atoms with Crippen molar-refractivity contribution in [2.75, 3.05) is 0 Å². The van der Waals surface area contributed by atoms with E-state index in [1.165, 1.54) is 53.1 Å². The van der Waals surface area contributed by atoms with Gasteiger partial charge in [0.1, 0.15) is 0 Å². The van der Waals surface area contributed by atoms with E-state index in [1.807, 2.05) is 0 Å². The third-order valence-corrected chi connectivity index (χ3v) is 4.10. The molecule has 0 saturated carbocycles. The third-order valence-electron chi connectivity index (χ3n) is 4.10. The molecule has 3 aromatic rings. The van der Waals surface area contributed by atoms with Gasteiger partial charge in [-0.15, -0.1) is 0 Å². The molecule has 0 heterocycles. The molecule has 3 rings (SSSR count). The average molecular weight is 274 g/mol. The summed E-state index contributed by atoms with van der Waals surface area (Å²) in [7, 11) is 0. The summed E-state index contributed by atoms with van der Waals surface area (Å²) in [5.74, 6) is 0. The van der Waals surface area contributed by atoms with Crippen molar-refractivity contribution in [3.05, 3.63) is 72.3 Å². The van der Waals surface area contributed by atoms with Crippen molar-refractivity contribution >= 4 is 10.8 Å². The Morgan fingerprint density at radius 1 is 0.714 bits per heavy atom. The van der Waals surface area contributed by atoms with E-state index in [2.05, 4.69) is 73.7 Å². The van der Waals surface area contributed by atoms with Crippen LogP contribution in [0.25, 0.3) is 21.9 Å². The SMILES string of the molecule is CCCCCc1cc(-c2ccccc2)cc2ccccc12. The van der Waals surface area contributed by atoms with Gasteiger partial charge in [0.15, 0.2) is 0 Å². The summed E-state index contributed by atoms with van der Waals surface area (Å²) >= 11 is 0. The third kappa shape index (κ3) is 3.16. The van der Waals surface area contributed by atoms with Crippen LogP contribution in [0.3, 0.4) is 0 Å². The minimum atomic E-state index is 1.18. The van der Waals surface area contributed by atoms with Gasteiger partial charge in [0.25, 0.3) is 0 Å². The van der Waals surface area contributed by atoms with Gasteiger partial charge < -0.3 is 0 Å². The van der Waals surface area contributed by atoms with Crippen LogP contribution < -0.4 is 0 Å². The van der Waals surface area contributed by atoms with Crippen LogP contribution in [0.4, 0.5) is 0 Å². The first-order chi connectivity index (χ1) is 10.4. The highest BCUT2D eigenvalue weighted by Crippen LogP contribution is 2.28. The smallest absolute Gasteiger partial charge is 0.0151 e. The number of aryl methyl sites for hydroxylation is 1. The Morgan fingerprint density at radius 2 is 1.48 bits per heavy atom. The molecule has 0 nitrogen and oxygen atoms in total. The molecule has 0 heteroatoms. The number of unbranched alkanes of at least 4 members (excludes halogenated alkanes) is 2. The Balaban J connectivity index is 2.06. The van der Waals surface area contributed by atoms with Crippen molar-refractivity contribution in [3.63, 3.8) is 0 Å². The molecule has 0 bridgehead atoms. The molecular weight excluding hydrogens is 252 g/mol. The molecule has 0 atom stereocenters. The van der Waals surface area contributed by atoms with Gasteiger partial charge in [-0.1, -0.05) is 80.4 Å². The van der Waals surface area contributed by atoms with Crippen molar-refractivity contribution in [1.82, 2.24) is 0 Å². The Kier molecular flexibility index (Phi) is 4.35. The predicted octanol–water partition coefficient (Wildman–Crippen LogP) is 6.24. The van der Waals surface area contributed by atoms with Gasteiger partial charge in [-0.05, 0) is 46.4 Å². The van der Waals surface area contributed by atoms with E-state index >= 15 is 0 Å². The summed E-state index contributed by atoms with van der Waals surface area (Å²) in [4.78, 5) is 0. The van der Waals surface area contributed by atoms with Gasteiger partial charge in [-0.2, -0.15) is 0 Å². The average Bonchev–Trinajstić information content (AvgIpc) is 2.55. The van der Waals surface area contributed by atoms with Crippen LogP contribution in [-0.2, 0) is 6.42 Å². The topological polar surface area (TPSA) is 0 Å². The Bertz CT molecular complexity index is 710. The van der Waals surface area contributed by atoms with Crippen molar-refractivity contribution in [3.8, 4) is 11.1 Å². The van der Waals surface area contributed by atoms with Crippen molar-refractivity contribution in [2.45, 2.75) is 32.6 Å². The van der Waals surface area contributed by atoms with Gasteiger partial charge >= 0.3 is 0 Å². The maximum absolute atomic E-state index is 2.38. The lowest BCUT2D eigenvalue weighted by atomic mass is 9.94. The van der Waals surface area contributed by atoms with Gasteiger partial charge in [-0.25, -0.2) is 0 Å². The van der Waals surface area contributed by atoms with Gasteiger partial charge in [-0.3, -0.25) is 0 Å². The number of hydrogen-bond donors (Lipinski definition) is 0. The molecule has 0 N–H and O–H groups in total. The molecule has 21 heavy (non-hydrogen) atoms. The van der Waals surface area contributed by atoms with Crippen LogP contribution in [0, 0.1) is 0 Å². The fourth-order valence-corrected chi connectivity index (χ4v) is 2.96. The van der Waals surface area contributed by atoms with E-state index in [4.69, 9.17) is 0 Å². The minimum absolute atomic E-state index is 1.18. The van der Waals surface area contributed by atoms with E-state index in [9.17, 15) is 0 Å². The second-order valence-corrected chi connectivity index (χ2v) is 5.68. The molecule has 0 amide bonds. The number of hydrogen-bond acceptors (Lipinski definition) is 0. The summed E-state index contributed by atoms with van der Waals surface area (Å²) in [6, 6.07) is 24.1. The molecule has 0 aliphatic rings.